The number of carbonyl (C=O) groups is 2. The van der Waals surface area contributed by atoms with E-state index in [1.54, 1.807) is 37.3 Å². The SMILES string of the molecule is CC[C@@H]1C=CC(=O)O[C@@H]1[C@H](C)C[C@@H](C)[C@H](C[C@H](O)/C=C/C=C\c1cccc(O)c1Cl)OP(=O)(O)O[C@@H](COC)C(=O)O. The Morgan fingerprint density at radius 2 is 1.93 bits per heavy atom. The van der Waals surface area contributed by atoms with E-state index in [-0.39, 0.29) is 29.0 Å². The van der Waals surface area contributed by atoms with Gasteiger partial charge in [0.05, 0.1) is 23.8 Å². The molecule has 42 heavy (non-hydrogen) atoms. The number of phosphoric acid groups is 1. The number of aliphatic hydroxyl groups excluding tert-OH is 1. The van der Waals surface area contributed by atoms with Crippen LogP contribution < -0.4 is 0 Å². The zero-order chi connectivity index (χ0) is 31.4. The van der Waals surface area contributed by atoms with Gasteiger partial charge in [-0.1, -0.05) is 74.9 Å². The number of hydrogen-bond acceptors (Lipinski definition) is 9. The maximum Gasteiger partial charge on any atom is 0.473 e. The number of methoxy groups -OCH3 is 1. The Balaban J connectivity index is 2.20. The number of phenols is 1. The molecule has 13 heteroatoms. The molecular weight excluding hydrogens is 591 g/mol. The number of aliphatic hydroxyl groups is 1. The van der Waals surface area contributed by atoms with Gasteiger partial charge in [0.1, 0.15) is 11.9 Å². The minimum atomic E-state index is -4.93. The molecule has 0 fully saturated rings. The summed E-state index contributed by atoms with van der Waals surface area (Å²) >= 11 is 6.07. The van der Waals surface area contributed by atoms with Crippen LogP contribution in [-0.2, 0) is 32.7 Å². The highest BCUT2D eigenvalue weighted by Gasteiger charge is 2.38. The summed E-state index contributed by atoms with van der Waals surface area (Å²) in [4.78, 5) is 33.8. The van der Waals surface area contributed by atoms with Crippen LogP contribution in [-0.4, -0.2) is 70.3 Å². The number of cyclic esters (lactones) is 1. The van der Waals surface area contributed by atoms with Gasteiger partial charge in [-0.05, 0) is 36.3 Å². The van der Waals surface area contributed by atoms with Crippen LogP contribution in [0.1, 0.15) is 45.6 Å². The first-order valence-corrected chi connectivity index (χ1v) is 15.5. The fourth-order valence-electron chi connectivity index (χ4n) is 4.72. The van der Waals surface area contributed by atoms with Crippen molar-refractivity contribution in [1.29, 1.82) is 0 Å². The number of ether oxygens (including phenoxy) is 2. The Bertz CT molecular complexity index is 1180. The summed E-state index contributed by atoms with van der Waals surface area (Å²) in [6.45, 7) is 5.15. The first-order valence-electron chi connectivity index (χ1n) is 13.6. The van der Waals surface area contributed by atoms with Crippen LogP contribution in [0.5, 0.6) is 5.75 Å². The van der Waals surface area contributed by atoms with Gasteiger partial charge in [-0.15, -0.1) is 0 Å². The van der Waals surface area contributed by atoms with Crippen LogP contribution in [0.3, 0.4) is 0 Å². The summed E-state index contributed by atoms with van der Waals surface area (Å²) in [5, 5.41) is 30.0. The Morgan fingerprint density at radius 1 is 1.21 bits per heavy atom. The molecule has 1 aliphatic heterocycles. The van der Waals surface area contributed by atoms with E-state index in [1.165, 1.54) is 25.3 Å². The van der Waals surface area contributed by atoms with Crippen molar-refractivity contribution < 1.29 is 52.9 Å². The van der Waals surface area contributed by atoms with Crippen LogP contribution in [0.2, 0.25) is 5.02 Å². The first-order chi connectivity index (χ1) is 19.8. The highest BCUT2D eigenvalue weighted by molar-refractivity contribution is 7.47. The van der Waals surface area contributed by atoms with E-state index in [2.05, 4.69) is 0 Å². The molecule has 1 unspecified atom stereocenters. The summed E-state index contributed by atoms with van der Waals surface area (Å²) in [7, 11) is -3.71. The van der Waals surface area contributed by atoms with E-state index >= 15 is 0 Å². The number of benzene rings is 1. The van der Waals surface area contributed by atoms with Gasteiger partial charge in [0.2, 0.25) is 0 Å². The third-order valence-electron chi connectivity index (χ3n) is 6.89. The second-order valence-electron chi connectivity index (χ2n) is 10.3. The molecule has 11 nitrogen and oxygen atoms in total. The number of esters is 1. The maximum absolute atomic E-state index is 12.9. The second kappa shape index (κ2) is 17.0. The van der Waals surface area contributed by atoms with Gasteiger partial charge in [0.15, 0.2) is 6.10 Å². The number of rotatable bonds is 17. The average Bonchev–Trinajstić information content (AvgIpc) is 2.92. The molecule has 0 bridgehead atoms. The van der Waals surface area contributed by atoms with E-state index in [0.717, 1.165) is 6.42 Å². The van der Waals surface area contributed by atoms with Gasteiger partial charge < -0.3 is 29.7 Å². The summed E-state index contributed by atoms with van der Waals surface area (Å²) in [5.41, 5.74) is 0.561. The summed E-state index contributed by atoms with van der Waals surface area (Å²) in [6, 6.07) is 4.79. The number of carbonyl (C=O) groups excluding carboxylic acids is 1. The number of allylic oxidation sites excluding steroid dienone is 2. The van der Waals surface area contributed by atoms with E-state index < -0.39 is 56.7 Å². The molecule has 1 heterocycles. The van der Waals surface area contributed by atoms with Crippen LogP contribution in [0.4, 0.5) is 0 Å². The Morgan fingerprint density at radius 3 is 2.57 bits per heavy atom. The van der Waals surface area contributed by atoms with Gasteiger partial charge in [-0.2, -0.15) is 0 Å². The molecule has 0 saturated heterocycles. The quantitative estimate of drug-likeness (QED) is 0.102. The third-order valence-corrected chi connectivity index (χ3v) is 8.36. The zero-order valence-electron chi connectivity index (χ0n) is 24.0. The first kappa shape index (κ1) is 35.7. The molecule has 4 N–H and O–H groups in total. The average molecular weight is 631 g/mol. The molecule has 0 spiro atoms. The van der Waals surface area contributed by atoms with E-state index in [0.29, 0.717) is 12.0 Å². The highest BCUT2D eigenvalue weighted by atomic mass is 35.5. The minimum Gasteiger partial charge on any atom is -0.506 e. The summed E-state index contributed by atoms with van der Waals surface area (Å²) in [6.07, 6.45) is 6.07. The van der Waals surface area contributed by atoms with E-state index in [4.69, 9.17) is 30.1 Å². The van der Waals surface area contributed by atoms with Crippen molar-refractivity contribution in [2.24, 2.45) is 17.8 Å². The van der Waals surface area contributed by atoms with Crippen molar-refractivity contribution in [3.05, 3.63) is 59.2 Å². The lowest BCUT2D eigenvalue weighted by Gasteiger charge is -2.35. The number of carboxylic acids is 1. The highest BCUT2D eigenvalue weighted by Crippen LogP contribution is 2.48. The molecular formula is C29H40ClO11P. The number of aromatic hydroxyl groups is 1. The molecule has 0 aliphatic carbocycles. The monoisotopic (exact) mass is 630 g/mol. The largest absolute Gasteiger partial charge is 0.506 e. The minimum absolute atomic E-state index is 0.00209. The normalized spacial score (nSPS) is 22.4. The smallest absolute Gasteiger partial charge is 0.473 e. The molecule has 0 aromatic heterocycles. The lowest BCUT2D eigenvalue weighted by Crippen LogP contribution is -2.37. The van der Waals surface area contributed by atoms with Crippen molar-refractivity contribution in [2.75, 3.05) is 13.7 Å². The predicted molar refractivity (Wildman–Crippen MR) is 157 cm³/mol. The molecule has 1 aromatic rings. The van der Waals surface area contributed by atoms with Gasteiger partial charge in [-0.3, -0.25) is 9.05 Å². The number of hydrogen-bond donors (Lipinski definition) is 4. The Labute approximate surface area is 251 Å². The number of halogens is 1. The van der Waals surface area contributed by atoms with Crippen LogP contribution in [0.15, 0.2) is 48.6 Å². The summed E-state index contributed by atoms with van der Waals surface area (Å²) in [5.74, 6) is -2.65. The molecule has 8 atom stereocenters. The fraction of sp³-hybridized carbons (Fsp3) is 0.517. The molecule has 0 saturated carbocycles. The topological polar surface area (TPSA) is 169 Å². The molecule has 1 aromatic carbocycles. The standard InChI is InChI=1S/C29H40ClO11P/c1-5-20-13-14-26(33)39-28(20)19(3)15-18(2)24(40-42(36,37)41-25(17-38-4)29(34)35)16-22(31)11-7-6-9-21-10-8-12-23(32)27(21)30/h6-14,18-20,22,24-25,28,31-32H,5,15-17H2,1-4H3,(H,34,35)(H,36,37)/b9-6-,11-7+/t18-,19-,20-,22-,24+,25+,28-/m1/s1. The molecule has 0 amide bonds. The summed E-state index contributed by atoms with van der Waals surface area (Å²) < 4.78 is 33.5. The van der Waals surface area contributed by atoms with Gasteiger partial charge in [0.25, 0.3) is 0 Å². The molecule has 234 valence electrons. The second-order valence-corrected chi connectivity index (χ2v) is 12.0. The maximum atomic E-state index is 12.9. The van der Waals surface area contributed by atoms with Gasteiger partial charge >= 0.3 is 19.8 Å². The third kappa shape index (κ3) is 11.3. The Kier molecular flexibility index (Phi) is 14.4. The zero-order valence-corrected chi connectivity index (χ0v) is 25.7. The van der Waals surface area contributed by atoms with Crippen molar-refractivity contribution in [2.45, 2.75) is 64.4 Å². The number of phosphoric ester groups is 1. The van der Waals surface area contributed by atoms with Crippen molar-refractivity contribution in [3.63, 3.8) is 0 Å². The fourth-order valence-corrected chi connectivity index (χ4v) is 6.07. The van der Waals surface area contributed by atoms with Crippen LogP contribution in [0.25, 0.3) is 6.08 Å². The van der Waals surface area contributed by atoms with Crippen molar-refractivity contribution in [1.82, 2.24) is 0 Å². The predicted octanol–water partition coefficient (Wildman–Crippen LogP) is 5.14. The number of phenolic OH excluding ortho intramolecular Hbond substituents is 1. The molecule has 1 aliphatic rings. The van der Waals surface area contributed by atoms with Crippen molar-refractivity contribution >= 4 is 37.4 Å². The molecule has 0 radical (unpaired) electrons. The lowest BCUT2D eigenvalue weighted by atomic mass is 9.81. The van der Waals surface area contributed by atoms with Crippen LogP contribution >= 0.6 is 19.4 Å². The van der Waals surface area contributed by atoms with E-state index in [1.807, 2.05) is 19.9 Å². The Hall–Kier alpha value is -2.50. The molecule has 2 rings (SSSR count). The van der Waals surface area contributed by atoms with Crippen molar-refractivity contribution in [3.8, 4) is 5.75 Å². The van der Waals surface area contributed by atoms with Gasteiger partial charge in [-0.25, -0.2) is 14.2 Å². The number of carboxylic acid groups (broad SMARTS) is 1. The van der Waals surface area contributed by atoms with Gasteiger partial charge in [0, 0.05) is 25.5 Å². The number of aliphatic carboxylic acids is 1. The van der Waals surface area contributed by atoms with Crippen LogP contribution in [0, 0.1) is 17.8 Å². The lowest BCUT2D eigenvalue weighted by molar-refractivity contribution is -0.151. The van der Waals surface area contributed by atoms with E-state index in [9.17, 15) is 34.4 Å².